The molecule has 0 spiro atoms. The molecular weight excluding hydrogens is 270 g/mol. The second-order valence-electron chi connectivity index (χ2n) is 5.89. The SMILES string of the molecule is COc1cccc(C2(C(C)N)CC2)c1OC1CCSC1. The zero-order valence-corrected chi connectivity index (χ0v) is 13.0. The molecule has 0 bridgehead atoms. The second kappa shape index (κ2) is 5.49. The van der Waals surface area contributed by atoms with Gasteiger partial charge in [0.1, 0.15) is 6.10 Å². The van der Waals surface area contributed by atoms with Gasteiger partial charge >= 0.3 is 0 Å². The minimum absolute atomic E-state index is 0.0929. The normalized spacial score (nSPS) is 25.2. The summed E-state index contributed by atoms with van der Waals surface area (Å²) in [5.74, 6) is 4.03. The molecule has 2 aliphatic rings. The molecule has 20 heavy (non-hydrogen) atoms. The van der Waals surface area contributed by atoms with E-state index in [9.17, 15) is 0 Å². The average Bonchev–Trinajstić information content (AvgIpc) is 3.11. The highest BCUT2D eigenvalue weighted by molar-refractivity contribution is 7.99. The summed E-state index contributed by atoms with van der Waals surface area (Å²) in [6.07, 6.45) is 3.72. The molecular formula is C16H23NO2S. The van der Waals surface area contributed by atoms with Gasteiger partial charge in [0.15, 0.2) is 11.5 Å². The van der Waals surface area contributed by atoms with Crippen LogP contribution in [0.2, 0.25) is 0 Å². The van der Waals surface area contributed by atoms with Crippen LogP contribution in [0.3, 0.4) is 0 Å². The first kappa shape index (κ1) is 14.1. The van der Waals surface area contributed by atoms with Crippen molar-refractivity contribution in [1.82, 2.24) is 0 Å². The molecule has 3 rings (SSSR count). The number of rotatable bonds is 5. The Hall–Kier alpha value is -0.870. The van der Waals surface area contributed by atoms with Gasteiger partial charge in [-0.25, -0.2) is 0 Å². The number of ether oxygens (including phenoxy) is 2. The third-order valence-electron chi connectivity index (χ3n) is 4.57. The van der Waals surface area contributed by atoms with Gasteiger partial charge in [-0.1, -0.05) is 12.1 Å². The minimum atomic E-state index is 0.0929. The van der Waals surface area contributed by atoms with E-state index in [-0.39, 0.29) is 11.5 Å². The molecule has 0 amide bonds. The maximum atomic E-state index is 6.30. The van der Waals surface area contributed by atoms with Gasteiger partial charge in [0.05, 0.1) is 7.11 Å². The first-order valence-electron chi connectivity index (χ1n) is 7.35. The molecule has 1 aromatic rings. The molecule has 2 atom stereocenters. The van der Waals surface area contributed by atoms with Gasteiger partial charge in [0, 0.05) is 22.8 Å². The third kappa shape index (κ3) is 2.40. The van der Waals surface area contributed by atoms with Crippen LogP contribution in [0.25, 0.3) is 0 Å². The first-order valence-corrected chi connectivity index (χ1v) is 8.50. The van der Waals surface area contributed by atoms with Gasteiger partial charge in [-0.05, 0) is 38.0 Å². The van der Waals surface area contributed by atoms with Crippen molar-refractivity contribution in [3.8, 4) is 11.5 Å². The molecule has 1 saturated heterocycles. The number of nitrogens with two attached hydrogens (primary N) is 1. The highest BCUT2D eigenvalue weighted by atomic mass is 32.2. The van der Waals surface area contributed by atoms with Crippen LogP contribution in [-0.4, -0.2) is 30.8 Å². The lowest BCUT2D eigenvalue weighted by Crippen LogP contribution is -2.32. The molecule has 2 unspecified atom stereocenters. The van der Waals surface area contributed by atoms with Crippen LogP contribution >= 0.6 is 11.8 Å². The van der Waals surface area contributed by atoms with Crippen LogP contribution in [0.15, 0.2) is 18.2 Å². The van der Waals surface area contributed by atoms with Gasteiger partial charge in [-0.3, -0.25) is 0 Å². The van der Waals surface area contributed by atoms with Gasteiger partial charge < -0.3 is 15.2 Å². The molecule has 0 aromatic heterocycles. The topological polar surface area (TPSA) is 44.5 Å². The van der Waals surface area contributed by atoms with Gasteiger partial charge in [0.2, 0.25) is 0 Å². The maximum Gasteiger partial charge on any atom is 0.165 e. The highest BCUT2D eigenvalue weighted by Gasteiger charge is 2.49. The van der Waals surface area contributed by atoms with Crippen molar-refractivity contribution >= 4 is 11.8 Å². The zero-order valence-electron chi connectivity index (χ0n) is 12.2. The van der Waals surface area contributed by atoms with E-state index in [0.717, 1.165) is 36.5 Å². The van der Waals surface area contributed by atoms with E-state index in [1.807, 2.05) is 23.9 Å². The van der Waals surface area contributed by atoms with Crippen molar-refractivity contribution in [2.75, 3.05) is 18.6 Å². The summed E-state index contributed by atoms with van der Waals surface area (Å²) < 4.78 is 11.8. The molecule has 1 heterocycles. The number of para-hydroxylation sites is 1. The smallest absolute Gasteiger partial charge is 0.165 e. The van der Waals surface area contributed by atoms with Crippen molar-refractivity contribution in [2.24, 2.45) is 5.73 Å². The Morgan fingerprint density at radius 3 is 2.75 bits per heavy atom. The Balaban J connectivity index is 1.96. The van der Waals surface area contributed by atoms with Crippen molar-refractivity contribution < 1.29 is 9.47 Å². The second-order valence-corrected chi connectivity index (χ2v) is 7.04. The Morgan fingerprint density at radius 2 is 2.20 bits per heavy atom. The summed E-state index contributed by atoms with van der Waals surface area (Å²) in [4.78, 5) is 0. The van der Waals surface area contributed by atoms with Crippen LogP contribution in [0.4, 0.5) is 0 Å². The molecule has 4 heteroatoms. The first-order chi connectivity index (χ1) is 9.67. The number of benzene rings is 1. The van der Waals surface area contributed by atoms with Gasteiger partial charge in [-0.15, -0.1) is 0 Å². The third-order valence-corrected chi connectivity index (χ3v) is 5.70. The number of hydrogen-bond donors (Lipinski definition) is 1. The zero-order chi connectivity index (χ0) is 14.2. The minimum Gasteiger partial charge on any atom is -0.493 e. The number of methoxy groups -OCH3 is 1. The summed E-state index contributed by atoms with van der Waals surface area (Å²) in [7, 11) is 1.71. The molecule has 2 fully saturated rings. The van der Waals surface area contributed by atoms with E-state index in [0.29, 0.717) is 6.10 Å². The van der Waals surface area contributed by atoms with Gasteiger partial charge in [0.25, 0.3) is 0 Å². The van der Waals surface area contributed by atoms with E-state index < -0.39 is 0 Å². The summed E-state index contributed by atoms with van der Waals surface area (Å²) in [6, 6.07) is 6.34. The lowest BCUT2D eigenvalue weighted by Gasteiger charge is -2.26. The van der Waals surface area contributed by atoms with Crippen molar-refractivity contribution in [3.63, 3.8) is 0 Å². The predicted molar refractivity (Wildman–Crippen MR) is 83.9 cm³/mol. The standard InChI is InChI=1S/C16H23NO2S/c1-11(17)16(7-8-16)13-4-3-5-14(18-2)15(13)19-12-6-9-20-10-12/h3-5,11-12H,6-10,17H2,1-2H3. The summed E-state index contributed by atoms with van der Waals surface area (Å²) in [5, 5.41) is 0. The van der Waals surface area contributed by atoms with Crippen LogP contribution in [-0.2, 0) is 5.41 Å². The molecule has 2 N–H and O–H groups in total. The fourth-order valence-corrected chi connectivity index (χ4v) is 4.16. The van der Waals surface area contributed by atoms with Crippen molar-refractivity contribution in [3.05, 3.63) is 23.8 Å². The molecule has 1 saturated carbocycles. The summed E-state index contributed by atoms with van der Waals surface area (Å²) >= 11 is 1.96. The molecule has 1 aliphatic carbocycles. The summed E-state index contributed by atoms with van der Waals surface area (Å²) in [5.41, 5.74) is 7.57. The number of thioether (sulfide) groups is 1. The molecule has 3 nitrogen and oxygen atoms in total. The monoisotopic (exact) mass is 293 g/mol. The Labute approximate surface area is 125 Å². The fourth-order valence-electron chi connectivity index (χ4n) is 3.07. The Kier molecular flexibility index (Phi) is 3.87. The van der Waals surface area contributed by atoms with Crippen LogP contribution in [0, 0.1) is 0 Å². The van der Waals surface area contributed by atoms with Crippen molar-refractivity contribution in [2.45, 2.75) is 43.7 Å². The molecule has 110 valence electrons. The molecule has 0 radical (unpaired) electrons. The van der Waals surface area contributed by atoms with E-state index >= 15 is 0 Å². The van der Waals surface area contributed by atoms with Gasteiger partial charge in [-0.2, -0.15) is 11.8 Å². The maximum absolute atomic E-state index is 6.30. The van der Waals surface area contributed by atoms with E-state index in [1.165, 1.54) is 11.3 Å². The average molecular weight is 293 g/mol. The number of hydrogen-bond acceptors (Lipinski definition) is 4. The van der Waals surface area contributed by atoms with E-state index in [1.54, 1.807) is 7.11 Å². The fraction of sp³-hybridized carbons (Fsp3) is 0.625. The lowest BCUT2D eigenvalue weighted by molar-refractivity contribution is 0.214. The van der Waals surface area contributed by atoms with Crippen LogP contribution in [0.5, 0.6) is 11.5 Å². The van der Waals surface area contributed by atoms with E-state index in [2.05, 4.69) is 13.0 Å². The lowest BCUT2D eigenvalue weighted by atomic mass is 9.88. The largest absolute Gasteiger partial charge is 0.493 e. The molecule has 1 aliphatic heterocycles. The highest BCUT2D eigenvalue weighted by Crippen LogP contribution is 2.55. The summed E-state index contributed by atoms with van der Waals surface area (Å²) in [6.45, 7) is 2.10. The van der Waals surface area contributed by atoms with E-state index in [4.69, 9.17) is 15.2 Å². The van der Waals surface area contributed by atoms with Crippen molar-refractivity contribution in [1.29, 1.82) is 0 Å². The van der Waals surface area contributed by atoms with Crippen LogP contribution in [0.1, 0.15) is 31.7 Å². The van der Waals surface area contributed by atoms with Crippen LogP contribution < -0.4 is 15.2 Å². The Bertz CT molecular complexity index is 479. The Morgan fingerprint density at radius 1 is 1.40 bits per heavy atom. The quantitative estimate of drug-likeness (QED) is 0.906. The molecule has 1 aromatic carbocycles. The predicted octanol–water partition coefficient (Wildman–Crippen LogP) is 2.96.